The second-order valence-corrected chi connectivity index (χ2v) is 8.73. The van der Waals surface area contributed by atoms with Crippen LogP contribution >= 0.6 is 23.4 Å². The van der Waals surface area contributed by atoms with E-state index >= 15 is 0 Å². The van der Waals surface area contributed by atoms with Crippen molar-refractivity contribution in [2.24, 2.45) is 0 Å². The summed E-state index contributed by atoms with van der Waals surface area (Å²) in [6.07, 6.45) is 0.767. The van der Waals surface area contributed by atoms with Gasteiger partial charge >= 0.3 is 0 Å². The first-order valence-corrected chi connectivity index (χ1v) is 11.6. The molecular weight excluding hydrogens is 442 g/mol. The number of thioether (sulfide) groups is 1. The second kappa shape index (κ2) is 12.1. The van der Waals surface area contributed by atoms with Crippen LogP contribution in [0.25, 0.3) is 0 Å². The maximum absolute atomic E-state index is 14.0. The van der Waals surface area contributed by atoms with Gasteiger partial charge in [-0.2, -0.15) is 0 Å². The summed E-state index contributed by atoms with van der Waals surface area (Å²) in [5.74, 6) is -1.04. The number of rotatable bonds is 10. The Hall–Kier alpha value is -2.12. The van der Waals surface area contributed by atoms with Crippen LogP contribution in [0.5, 0.6) is 0 Å². The molecule has 8 heteroatoms. The molecule has 0 aliphatic carbocycles. The van der Waals surface area contributed by atoms with Crippen LogP contribution in [0.4, 0.5) is 8.78 Å². The summed E-state index contributed by atoms with van der Waals surface area (Å²) in [6.45, 7) is 5.68. The highest BCUT2D eigenvalue weighted by molar-refractivity contribution is 7.99. The quantitative estimate of drug-likeness (QED) is 0.522. The Balaban J connectivity index is 2.11. The van der Waals surface area contributed by atoms with Gasteiger partial charge in [0.25, 0.3) is 0 Å². The van der Waals surface area contributed by atoms with Gasteiger partial charge in [0.05, 0.1) is 5.75 Å². The summed E-state index contributed by atoms with van der Waals surface area (Å²) in [6, 6.07) is 9.52. The van der Waals surface area contributed by atoms with Gasteiger partial charge < -0.3 is 10.2 Å². The molecule has 0 saturated heterocycles. The Morgan fingerprint density at radius 3 is 2.42 bits per heavy atom. The number of benzene rings is 2. The normalized spacial score (nSPS) is 12.8. The van der Waals surface area contributed by atoms with Crippen molar-refractivity contribution < 1.29 is 18.4 Å². The summed E-state index contributed by atoms with van der Waals surface area (Å²) in [4.78, 5) is 27.1. The third-order valence-corrected chi connectivity index (χ3v) is 6.27. The van der Waals surface area contributed by atoms with Gasteiger partial charge in [0.2, 0.25) is 11.8 Å². The van der Waals surface area contributed by atoms with Crippen molar-refractivity contribution >= 4 is 35.2 Å². The van der Waals surface area contributed by atoms with Crippen LogP contribution in [-0.2, 0) is 21.9 Å². The Labute approximate surface area is 191 Å². The van der Waals surface area contributed by atoms with Crippen molar-refractivity contribution in [1.82, 2.24) is 10.2 Å². The molecule has 1 N–H and O–H groups in total. The minimum Gasteiger partial charge on any atom is -0.352 e. The average Bonchev–Trinajstić information content (AvgIpc) is 2.74. The zero-order valence-electron chi connectivity index (χ0n) is 17.8. The molecule has 2 aromatic carbocycles. The third kappa shape index (κ3) is 7.51. The van der Waals surface area contributed by atoms with Gasteiger partial charge in [-0.3, -0.25) is 9.59 Å². The molecule has 168 valence electrons. The molecule has 0 saturated carbocycles. The number of amides is 2. The standard InChI is InChI=1S/C23H27ClF2N2O2S/c1-4-15(2)27-23(30)16(3)28(12-17-8-10-18(25)11-9-17)22(29)14-31-13-19-20(24)6-5-7-21(19)26/h5-11,15-16H,4,12-14H2,1-3H3,(H,27,30)/t15-,16+/m0/s1. The topological polar surface area (TPSA) is 49.4 Å². The Bertz CT molecular complexity index is 875. The summed E-state index contributed by atoms with van der Waals surface area (Å²) < 4.78 is 27.2. The largest absolute Gasteiger partial charge is 0.352 e. The lowest BCUT2D eigenvalue weighted by Gasteiger charge is -2.29. The Morgan fingerprint density at radius 1 is 1.13 bits per heavy atom. The first-order chi connectivity index (χ1) is 14.7. The van der Waals surface area contributed by atoms with E-state index in [0.29, 0.717) is 16.1 Å². The lowest BCUT2D eigenvalue weighted by molar-refractivity contribution is -0.138. The minimum absolute atomic E-state index is 0.0182. The zero-order valence-corrected chi connectivity index (χ0v) is 19.4. The lowest BCUT2D eigenvalue weighted by atomic mass is 10.1. The number of hydrogen-bond acceptors (Lipinski definition) is 3. The fraction of sp³-hybridized carbons (Fsp3) is 0.391. The van der Waals surface area contributed by atoms with Gasteiger partial charge in [0.1, 0.15) is 17.7 Å². The van der Waals surface area contributed by atoms with Crippen molar-refractivity contribution in [3.8, 4) is 0 Å². The fourth-order valence-corrected chi connectivity index (χ4v) is 4.08. The highest BCUT2D eigenvalue weighted by Crippen LogP contribution is 2.24. The molecule has 0 spiro atoms. The van der Waals surface area contributed by atoms with E-state index < -0.39 is 11.9 Å². The molecule has 0 unspecified atom stereocenters. The number of nitrogens with one attached hydrogen (secondary N) is 1. The average molecular weight is 469 g/mol. The van der Waals surface area contributed by atoms with Crippen molar-refractivity contribution in [2.45, 2.75) is 51.6 Å². The summed E-state index contributed by atoms with van der Waals surface area (Å²) in [5.41, 5.74) is 1.05. The van der Waals surface area contributed by atoms with Gasteiger partial charge in [-0.15, -0.1) is 11.8 Å². The molecule has 0 aromatic heterocycles. The molecule has 2 amide bonds. The van der Waals surface area contributed by atoms with E-state index in [9.17, 15) is 18.4 Å². The number of nitrogens with zero attached hydrogens (tertiary/aromatic N) is 1. The van der Waals surface area contributed by atoms with E-state index in [-0.39, 0.29) is 41.7 Å². The molecule has 0 aliphatic heterocycles. The van der Waals surface area contributed by atoms with E-state index in [1.54, 1.807) is 25.1 Å². The number of carbonyl (C=O) groups excluding carboxylic acids is 2. The van der Waals surface area contributed by atoms with Gasteiger partial charge in [-0.05, 0) is 50.1 Å². The molecular formula is C23H27ClF2N2O2S. The molecule has 0 fully saturated rings. The zero-order chi connectivity index (χ0) is 23.0. The molecule has 2 aromatic rings. The predicted octanol–water partition coefficient (Wildman–Crippen LogP) is 5.18. The highest BCUT2D eigenvalue weighted by Gasteiger charge is 2.26. The van der Waals surface area contributed by atoms with Crippen LogP contribution in [-0.4, -0.2) is 34.6 Å². The molecule has 31 heavy (non-hydrogen) atoms. The molecule has 0 aliphatic rings. The van der Waals surface area contributed by atoms with Gasteiger partial charge in [0, 0.05) is 28.9 Å². The first-order valence-electron chi connectivity index (χ1n) is 10.1. The number of carbonyl (C=O) groups is 2. The summed E-state index contributed by atoms with van der Waals surface area (Å²) in [7, 11) is 0. The molecule has 4 nitrogen and oxygen atoms in total. The van der Waals surface area contributed by atoms with Crippen molar-refractivity contribution in [1.29, 1.82) is 0 Å². The number of hydrogen-bond donors (Lipinski definition) is 1. The maximum atomic E-state index is 14.0. The van der Waals surface area contributed by atoms with E-state index in [0.717, 1.165) is 6.42 Å². The van der Waals surface area contributed by atoms with Gasteiger partial charge in [-0.1, -0.05) is 36.7 Å². The second-order valence-electron chi connectivity index (χ2n) is 7.33. The highest BCUT2D eigenvalue weighted by atomic mass is 35.5. The van der Waals surface area contributed by atoms with Crippen molar-refractivity contribution in [3.63, 3.8) is 0 Å². The van der Waals surface area contributed by atoms with Crippen LogP contribution in [0.15, 0.2) is 42.5 Å². The van der Waals surface area contributed by atoms with E-state index in [1.165, 1.54) is 40.9 Å². The SMILES string of the molecule is CC[C@H](C)NC(=O)[C@@H](C)N(Cc1ccc(F)cc1)C(=O)CSCc1c(F)cccc1Cl. The van der Waals surface area contributed by atoms with Crippen molar-refractivity contribution in [3.05, 3.63) is 70.2 Å². The lowest BCUT2D eigenvalue weighted by Crippen LogP contribution is -2.50. The smallest absolute Gasteiger partial charge is 0.242 e. The van der Waals surface area contributed by atoms with Crippen LogP contribution < -0.4 is 5.32 Å². The predicted molar refractivity (Wildman–Crippen MR) is 122 cm³/mol. The summed E-state index contributed by atoms with van der Waals surface area (Å²) >= 11 is 7.27. The molecule has 0 bridgehead atoms. The monoisotopic (exact) mass is 468 g/mol. The molecule has 2 rings (SSSR count). The molecule has 0 radical (unpaired) electrons. The van der Waals surface area contributed by atoms with Gasteiger partial charge in [0.15, 0.2) is 0 Å². The van der Waals surface area contributed by atoms with Crippen LogP contribution in [0.2, 0.25) is 5.02 Å². The number of halogens is 3. The summed E-state index contributed by atoms with van der Waals surface area (Å²) in [5, 5.41) is 3.20. The van der Waals surface area contributed by atoms with Crippen LogP contribution in [0, 0.1) is 11.6 Å². The van der Waals surface area contributed by atoms with E-state index in [1.807, 2.05) is 13.8 Å². The minimum atomic E-state index is -0.718. The van der Waals surface area contributed by atoms with Gasteiger partial charge in [-0.25, -0.2) is 8.78 Å². The van der Waals surface area contributed by atoms with Crippen LogP contribution in [0.1, 0.15) is 38.3 Å². The van der Waals surface area contributed by atoms with E-state index in [2.05, 4.69) is 5.32 Å². The van der Waals surface area contributed by atoms with Crippen LogP contribution in [0.3, 0.4) is 0 Å². The molecule has 0 heterocycles. The first kappa shape index (κ1) is 25.1. The Morgan fingerprint density at radius 2 is 1.81 bits per heavy atom. The Kier molecular flexibility index (Phi) is 9.78. The van der Waals surface area contributed by atoms with Crippen molar-refractivity contribution in [2.75, 3.05) is 5.75 Å². The maximum Gasteiger partial charge on any atom is 0.242 e. The third-order valence-electron chi connectivity index (χ3n) is 4.97. The molecule has 2 atom stereocenters. The fourth-order valence-electron chi connectivity index (χ4n) is 2.83. The van der Waals surface area contributed by atoms with E-state index in [4.69, 9.17) is 11.6 Å².